The molecule has 4 N–H and O–H groups in total. The number of hydrogen-bond donors (Lipinski definition) is 3. The van der Waals surface area contributed by atoms with Gasteiger partial charge in [0.1, 0.15) is 5.75 Å². The molecule has 5 nitrogen and oxygen atoms in total. The lowest BCUT2D eigenvalue weighted by Crippen LogP contribution is -2.19. The lowest BCUT2D eigenvalue weighted by molar-refractivity contribution is 0.262. The van der Waals surface area contributed by atoms with Crippen molar-refractivity contribution in [1.82, 2.24) is 0 Å². The molecular weight excluding hydrogens is 254 g/mol. The Morgan fingerprint density at radius 1 is 1.00 bits per heavy atom. The third-order valence-electron chi connectivity index (χ3n) is 2.59. The zero-order chi connectivity index (χ0) is 14.4. The molecule has 0 radical (unpaired) electrons. The molecule has 0 aliphatic heterocycles. The van der Waals surface area contributed by atoms with E-state index in [0.717, 1.165) is 5.75 Å². The number of urea groups is 1. The summed E-state index contributed by atoms with van der Waals surface area (Å²) in [6.45, 7) is 2.54. The SMILES string of the molecule is CCOc1ccc(NC(=O)Nc2ccc(N)cc2)cc1. The Kier molecular flexibility index (Phi) is 4.44. The fourth-order valence-electron chi connectivity index (χ4n) is 1.66. The highest BCUT2D eigenvalue weighted by atomic mass is 16.5. The maximum atomic E-state index is 11.8. The Labute approximate surface area is 117 Å². The minimum Gasteiger partial charge on any atom is -0.494 e. The van der Waals surface area contributed by atoms with E-state index in [1.54, 1.807) is 36.4 Å². The second kappa shape index (κ2) is 6.47. The summed E-state index contributed by atoms with van der Waals surface area (Å²) < 4.78 is 5.33. The molecule has 0 aromatic heterocycles. The van der Waals surface area contributed by atoms with E-state index >= 15 is 0 Å². The highest BCUT2D eigenvalue weighted by molar-refractivity contribution is 5.99. The van der Waals surface area contributed by atoms with Gasteiger partial charge in [-0.3, -0.25) is 0 Å². The Morgan fingerprint density at radius 3 is 2.00 bits per heavy atom. The number of nitrogen functional groups attached to an aromatic ring is 1. The van der Waals surface area contributed by atoms with E-state index in [1.165, 1.54) is 0 Å². The first kappa shape index (κ1) is 13.7. The molecule has 20 heavy (non-hydrogen) atoms. The Hall–Kier alpha value is -2.69. The highest BCUT2D eigenvalue weighted by Gasteiger charge is 2.02. The second-order valence-electron chi connectivity index (χ2n) is 4.16. The topological polar surface area (TPSA) is 76.4 Å². The molecule has 0 aliphatic rings. The van der Waals surface area contributed by atoms with E-state index in [-0.39, 0.29) is 6.03 Å². The number of amides is 2. The van der Waals surface area contributed by atoms with Crippen LogP contribution in [0.5, 0.6) is 5.75 Å². The maximum absolute atomic E-state index is 11.8. The van der Waals surface area contributed by atoms with E-state index in [0.29, 0.717) is 23.7 Å². The summed E-state index contributed by atoms with van der Waals surface area (Å²) in [5, 5.41) is 5.46. The second-order valence-corrected chi connectivity index (χ2v) is 4.16. The van der Waals surface area contributed by atoms with Gasteiger partial charge in [0, 0.05) is 17.1 Å². The number of carbonyl (C=O) groups is 1. The van der Waals surface area contributed by atoms with Gasteiger partial charge < -0.3 is 21.1 Å². The number of ether oxygens (including phenoxy) is 1. The van der Waals surface area contributed by atoms with Crippen molar-refractivity contribution >= 4 is 23.1 Å². The molecule has 0 bridgehead atoms. The molecule has 0 unspecified atom stereocenters. The molecule has 0 saturated carbocycles. The van der Waals surface area contributed by atoms with Crippen LogP contribution >= 0.6 is 0 Å². The van der Waals surface area contributed by atoms with Gasteiger partial charge in [0.2, 0.25) is 0 Å². The van der Waals surface area contributed by atoms with Crippen molar-refractivity contribution in [1.29, 1.82) is 0 Å². The van der Waals surface area contributed by atoms with Gasteiger partial charge >= 0.3 is 6.03 Å². The van der Waals surface area contributed by atoms with Crippen molar-refractivity contribution in [3.05, 3.63) is 48.5 Å². The van der Waals surface area contributed by atoms with E-state index in [1.807, 2.05) is 19.1 Å². The van der Waals surface area contributed by atoms with Crippen molar-refractivity contribution in [3.8, 4) is 5.75 Å². The summed E-state index contributed by atoms with van der Waals surface area (Å²) in [7, 11) is 0. The third-order valence-corrected chi connectivity index (χ3v) is 2.59. The highest BCUT2D eigenvalue weighted by Crippen LogP contribution is 2.16. The first-order valence-corrected chi connectivity index (χ1v) is 6.34. The third kappa shape index (κ3) is 3.91. The number of anilines is 3. The molecule has 0 spiro atoms. The minimum atomic E-state index is -0.307. The lowest BCUT2D eigenvalue weighted by Gasteiger charge is -2.09. The van der Waals surface area contributed by atoms with E-state index in [9.17, 15) is 4.79 Å². The zero-order valence-electron chi connectivity index (χ0n) is 11.2. The predicted octanol–water partition coefficient (Wildman–Crippen LogP) is 3.31. The number of nitrogens with two attached hydrogens (primary N) is 1. The van der Waals surface area contributed by atoms with Gasteiger partial charge in [0.25, 0.3) is 0 Å². The van der Waals surface area contributed by atoms with Gasteiger partial charge in [-0.05, 0) is 55.5 Å². The average Bonchev–Trinajstić information content (AvgIpc) is 2.44. The fourth-order valence-corrected chi connectivity index (χ4v) is 1.66. The number of nitrogens with one attached hydrogen (secondary N) is 2. The van der Waals surface area contributed by atoms with Crippen LogP contribution < -0.4 is 21.1 Å². The van der Waals surface area contributed by atoms with Crippen LogP contribution in [0.3, 0.4) is 0 Å². The smallest absolute Gasteiger partial charge is 0.323 e. The minimum absolute atomic E-state index is 0.307. The first-order valence-electron chi connectivity index (χ1n) is 6.34. The maximum Gasteiger partial charge on any atom is 0.323 e. The van der Waals surface area contributed by atoms with E-state index < -0.39 is 0 Å². The first-order chi connectivity index (χ1) is 9.67. The number of carbonyl (C=O) groups excluding carboxylic acids is 1. The van der Waals surface area contributed by atoms with Crippen LogP contribution in [-0.2, 0) is 0 Å². The Morgan fingerprint density at radius 2 is 1.50 bits per heavy atom. The Balaban J connectivity index is 1.92. The Bertz CT molecular complexity index is 565. The van der Waals surface area contributed by atoms with E-state index in [2.05, 4.69) is 10.6 Å². The van der Waals surface area contributed by atoms with Gasteiger partial charge in [0.05, 0.1) is 6.61 Å². The largest absolute Gasteiger partial charge is 0.494 e. The van der Waals surface area contributed by atoms with Crippen LogP contribution in [0.4, 0.5) is 21.9 Å². The van der Waals surface area contributed by atoms with Crippen molar-refractivity contribution in [2.24, 2.45) is 0 Å². The molecule has 0 saturated heterocycles. The van der Waals surface area contributed by atoms with Crippen LogP contribution in [0.15, 0.2) is 48.5 Å². The molecule has 0 heterocycles. The molecule has 2 aromatic carbocycles. The number of rotatable bonds is 4. The normalized spacial score (nSPS) is 9.85. The van der Waals surface area contributed by atoms with E-state index in [4.69, 9.17) is 10.5 Å². The molecule has 2 amide bonds. The molecule has 0 fully saturated rings. The summed E-state index contributed by atoms with van der Waals surface area (Å²) in [6.07, 6.45) is 0. The van der Waals surface area contributed by atoms with Crippen LogP contribution in [0, 0.1) is 0 Å². The monoisotopic (exact) mass is 271 g/mol. The van der Waals surface area contributed by atoms with Gasteiger partial charge in [-0.2, -0.15) is 0 Å². The predicted molar refractivity (Wildman–Crippen MR) is 81.1 cm³/mol. The summed E-state index contributed by atoms with van der Waals surface area (Å²) in [5.74, 6) is 0.775. The quantitative estimate of drug-likeness (QED) is 0.747. The molecule has 5 heteroatoms. The molecule has 0 aliphatic carbocycles. The van der Waals surface area contributed by atoms with Crippen molar-refractivity contribution in [3.63, 3.8) is 0 Å². The molecular formula is C15H17N3O2. The van der Waals surface area contributed by atoms with Gasteiger partial charge in [-0.15, -0.1) is 0 Å². The van der Waals surface area contributed by atoms with Crippen molar-refractivity contribution < 1.29 is 9.53 Å². The lowest BCUT2D eigenvalue weighted by atomic mass is 10.3. The molecule has 0 atom stereocenters. The van der Waals surface area contributed by atoms with Gasteiger partial charge in [-0.25, -0.2) is 4.79 Å². The number of hydrogen-bond acceptors (Lipinski definition) is 3. The number of benzene rings is 2. The summed E-state index contributed by atoms with van der Waals surface area (Å²) in [5.41, 5.74) is 7.61. The molecule has 104 valence electrons. The summed E-state index contributed by atoms with van der Waals surface area (Å²) in [6, 6.07) is 13.8. The van der Waals surface area contributed by atoms with Crippen molar-refractivity contribution in [2.75, 3.05) is 23.0 Å². The van der Waals surface area contributed by atoms with Crippen LogP contribution in [0.25, 0.3) is 0 Å². The molecule has 2 aromatic rings. The molecule has 2 rings (SSSR count). The van der Waals surface area contributed by atoms with Gasteiger partial charge in [0.15, 0.2) is 0 Å². The fraction of sp³-hybridized carbons (Fsp3) is 0.133. The zero-order valence-corrected chi connectivity index (χ0v) is 11.2. The van der Waals surface area contributed by atoms with Crippen molar-refractivity contribution in [2.45, 2.75) is 6.92 Å². The van der Waals surface area contributed by atoms with Crippen LogP contribution in [0.1, 0.15) is 6.92 Å². The standard InChI is InChI=1S/C15H17N3O2/c1-2-20-14-9-7-13(8-10-14)18-15(19)17-12-5-3-11(16)4-6-12/h3-10H,2,16H2,1H3,(H2,17,18,19). The summed E-state index contributed by atoms with van der Waals surface area (Å²) in [4.78, 5) is 11.8. The van der Waals surface area contributed by atoms with Gasteiger partial charge in [-0.1, -0.05) is 0 Å². The average molecular weight is 271 g/mol. The summed E-state index contributed by atoms with van der Waals surface area (Å²) >= 11 is 0. The van der Waals surface area contributed by atoms with Crippen LogP contribution in [0.2, 0.25) is 0 Å². The van der Waals surface area contributed by atoms with Crippen LogP contribution in [-0.4, -0.2) is 12.6 Å².